The molecule has 2 rings (SSSR count). The maximum absolute atomic E-state index is 14.2. The van der Waals surface area contributed by atoms with Gasteiger partial charge in [-0.05, 0) is 30.7 Å². The molecule has 3 nitrogen and oxygen atoms in total. The maximum Gasteiger partial charge on any atom is 0.159 e. The van der Waals surface area contributed by atoms with E-state index < -0.39 is 6.17 Å². The van der Waals surface area contributed by atoms with Crippen LogP contribution in [0.1, 0.15) is 110 Å². The maximum atomic E-state index is 14.2. The minimum absolute atomic E-state index is 0.360. The van der Waals surface area contributed by atoms with Gasteiger partial charge in [-0.2, -0.15) is 0 Å². The molecular weight excluding hydrogens is 423 g/mol. The van der Waals surface area contributed by atoms with Gasteiger partial charge in [-0.3, -0.25) is 0 Å². The SMILES string of the molecule is CCCCCCCCCc1ccc(-c2ncc(OCCC(F)CC(C)CCCCC)cn2)cc1. The number of hydrogen-bond acceptors (Lipinski definition) is 3. The summed E-state index contributed by atoms with van der Waals surface area (Å²) in [5.41, 5.74) is 2.38. The number of nitrogens with zero attached hydrogens (tertiary/aromatic N) is 2. The molecule has 2 unspecified atom stereocenters. The summed E-state index contributed by atoms with van der Waals surface area (Å²) in [7, 11) is 0. The molecule has 1 aromatic carbocycles. The van der Waals surface area contributed by atoms with Gasteiger partial charge in [-0.15, -0.1) is 0 Å². The first-order valence-electron chi connectivity index (χ1n) is 13.8. The summed E-state index contributed by atoms with van der Waals surface area (Å²) in [5.74, 6) is 1.73. The molecule has 0 N–H and O–H groups in total. The first-order chi connectivity index (χ1) is 16.6. The molecule has 0 fully saturated rings. The van der Waals surface area contributed by atoms with Gasteiger partial charge >= 0.3 is 0 Å². The van der Waals surface area contributed by atoms with Crippen molar-refractivity contribution in [2.45, 2.75) is 117 Å². The highest BCUT2D eigenvalue weighted by Crippen LogP contribution is 2.21. The molecule has 0 aliphatic heterocycles. The Morgan fingerprint density at radius 2 is 1.41 bits per heavy atom. The average molecular weight is 471 g/mol. The predicted molar refractivity (Wildman–Crippen MR) is 142 cm³/mol. The van der Waals surface area contributed by atoms with Crippen LogP contribution in [-0.4, -0.2) is 22.7 Å². The Labute approximate surface area is 208 Å². The van der Waals surface area contributed by atoms with Crippen LogP contribution in [0.3, 0.4) is 0 Å². The van der Waals surface area contributed by atoms with E-state index in [1.807, 2.05) is 0 Å². The van der Waals surface area contributed by atoms with Gasteiger partial charge in [0.2, 0.25) is 0 Å². The number of unbranched alkanes of at least 4 members (excludes halogenated alkanes) is 8. The Bertz CT molecular complexity index is 747. The van der Waals surface area contributed by atoms with E-state index in [0.717, 1.165) is 18.4 Å². The summed E-state index contributed by atoms with van der Waals surface area (Å²) in [6.45, 7) is 6.97. The molecule has 0 radical (unpaired) electrons. The van der Waals surface area contributed by atoms with E-state index in [1.165, 1.54) is 69.8 Å². The van der Waals surface area contributed by atoms with Gasteiger partial charge in [-0.25, -0.2) is 14.4 Å². The van der Waals surface area contributed by atoms with Gasteiger partial charge in [0.25, 0.3) is 0 Å². The summed E-state index contributed by atoms with van der Waals surface area (Å²) >= 11 is 0. The molecule has 1 heterocycles. The minimum atomic E-state index is -0.809. The first kappa shape index (κ1) is 28.3. The monoisotopic (exact) mass is 470 g/mol. The van der Waals surface area contributed by atoms with Crippen LogP contribution in [-0.2, 0) is 6.42 Å². The lowest BCUT2D eigenvalue weighted by atomic mass is 9.96. The molecule has 34 heavy (non-hydrogen) atoms. The van der Waals surface area contributed by atoms with Crippen molar-refractivity contribution in [1.82, 2.24) is 9.97 Å². The van der Waals surface area contributed by atoms with Crippen LogP contribution in [0.4, 0.5) is 4.39 Å². The van der Waals surface area contributed by atoms with Gasteiger partial charge in [0.05, 0.1) is 19.0 Å². The third-order valence-corrected chi connectivity index (χ3v) is 6.57. The number of benzene rings is 1. The van der Waals surface area contributed by atoms with Crippen LogP contribution in [0.5, 0.6) is 5.75 Å². The zero-order valence-corrected chi connectivity index (χ0v) is 21.9. The molecule has 1 aromatic heterocycles. The van der Waals surface area contributed by atoms with Crippen molar-refractivity contribution in [3.05, 3.63) is 42.2 Å². The molecule has 2 aromatic rings. The summed E-state index contributed by atoms with van der Waals surface area (Å²) in [5, 5.41) is 0. The standard InChI is InChI=1S/C30H47FN2O/c1-4-6-8-9-10-11-13-15-26-16-18-27(19-17-26)30-32-23-29(24-33-30)34-21-20-28(31)22-25(3)14-12-7-5-2/h16-19,23-25,28H,4-15,20-22H2,1-3H3. The number of hydrogen-bond donors (Lipinski definition) is 0. The molecule has 0 aliphatic rings. The molecule has 190 valence electrons. The number of aromatic nitrogens is 2. The highest BCUT2D eigenvalue weighted by molar-refractivity contribution is 5.55. The number of alkyl halides is 1. The van der Waals surface area contributed by atoms with Gasteiger partial charge in [0, 0.05) is 12.0 Å². The van der Waals surface area contributed by atoms with Crippen LogP contribution < -0.4 is 4.74 Å². The van der Waals surface area contributed by atoms with E-state index in [4.69, 9.17) is 4.74 Å². The molecule has 0 saturated heterocycles. The Kier molecular flexibility index (Phi) is 14.5. The number of rotatable bonds is 19. The van der Waals surface area contributed by atoms with Crippen LogP contribution in [0.15, 0.2) is 36.7 Å². The fourth-order valence-electron chi connectivity index (χ4n) is 4.37. The summed E-state index contributed by atoms with van der Waals surface area (Å²) in [6.07, 6.45) is 18.9. The Balaban J connectivity index is 1.66. The third-order valence-electron chi connectivity index (χ3n) is 6.57. The quantitative estimate of drug-likeness (QED) is 0.192. The van der Waals surface area contributed by atoms with Crippen LogP contribution in [0.25, 0.3) is 11.4 Å². The zero-order chi connectivity index (χ0) is 24.4. The third kappa shape index (κ3) is 11.9. The summed E-state index contributed by atoms with van der Waals surface area (Å²) in [4.78, 5) is 8.90. The Morgan fingerprint density at radius 1 is 0.794 bits per heavy atom. The van der Waals surface area contributed by atoms with E-state index in [9.17, 15) is 4.39 Å². The van der Waals surface area contributed by atoms with Crippen molar-refractivity contribution in [2.75, 3.05) is 6.61 Å². The van der Waals surface area contributed by atoms with Crippen molar-refractivity contribution in [3.63, 3.8) is 0 Å². The van der Waals surface area contributed by atoms with Crippen molar-refractivity contribution >= 4 is 0 Å². The summed E-state index contributed by atoms with van der Waals surface area (Å²) in [6, 6.07) is 8.57. The molecule has 0 aliphatic carbocycles. The molecule has 0 saturated carbocycles. The lowest BCUT2D eigenvalue weighted by Crippen LogP contribution is -2.12. The first-order valence-corrected chi connectivity index (χ1v) is 13.8. The fraction of sp³-hybridized carbons (Fsp3) is 0.667. The summed E-state index contributed by atoms with van der Waals surface area (Å²) < 4.78 is 19.9. The fourth-order valence-corrected chi connectivity index (χ4v) is 4.37. The minimum Gasteiger partial charge on any atom is -0.490 e. The second-order valence-corrected chi connectivity index (χ2v) is 9.88. The molecule has 0 amide bonds. The highest BCUT2D eigenvalue weighted by Gasteiger charge is 2.12. The van der Waals surface area contributed by atoms with Gasteiger partial charge in [-0.1, -0.05) is 109 Å². The normalized spacial score (nSPS) is 13.1. The number of ether oxygens (including phenoxy) is 1. The largest absolute Gasteiger partial charge is 0.490 e. The van der Waals surface area contributed by atoms with E-state index >= 15 is 0 Å². The van der Waals surface area contributed by atoms with Gasteiger partial charge < -0.3 is 4.74 Å². The second kappa shape index (κ2) is 17.5. The number of halogens is 1. The highest BCUT2D eigenvalue weighted by atomic mass is 19.1. The molecule has 4 heteroatoms. The van der Waals surface area contributed by atoms with Gasteiger partial charge in [0.1, 0.15) is 6.17 Å². The molecule has 0 spiro atoms. The van der Waals surface area contributed by atoms with Crippen molar-refractivity contribution < 1.29 is 9.13 Å². The average Bonchev–Trinajstić information content (AvgIpc) is 2.84. The molecule has 2 atom stereocenters. The smallest absolute Gasteiger partial charge is 0.159 e. The van der Waals surface area contributed by atoms with Crippen LogP contribution >= 0.6 is 0 Å². The van der Waals surface area contributed by atoms with E-state index in [2.05, 4.69) is 55.0 Å². The van der Waals surface area contributed by atoms with E-state index in [0.29, 0.717) is 36.9 Å². The zero-order valence-electron chi connectivity index (χ0n) is 21.9. The Morgan fingerprint density at radius 3 is 2.09 bits per heavy atom. The topological polar surface area (TPSA) is 35.0 Å². The number of aryl methyl sites for hydroxylation is 1. The second-order valence-electron chi connectivity index (χ2n) is 9.88. The van der Waals surface area contributed by atoms with Crippen molar-refractivity contribution in [1.29, 1.82) is 0 Å². The van der Waals surface area contributed by atoms with Crippen LogP contribution in [0.2, 0.25) is 0 Å². The van der Waals surface area contributed by atoms with E-state index in [-0.39, 0.29) is 0 Å². The Hall–Kier alpha value is -1.97. The predicted octanol–water partition coefficient (Wildman–Crippen LogP) is 9.15. The lowest BCUT2D eigenvalue weighted by molar-refractivity contribution is 0.204. The van der Waals surface area contributed by atoms with E-state index in [1.54, 1.807) is 12.4 Å². The van der Waals surface area contributed by atoms with Crippen LogP contribution in [0, 0.1) is 5.92 Å². The lowest BCUT2D eigenvalue weighted by Gasteiger charge is -2.15. The molecular formula is C30H47FN2O. The van der Waals surface area contributed by atoms with Crippen molar-refractivity contribution in [3.8, 4) is 17.1 Å². The van der Waals surface area contributed by atoms with Gasteiger partial charge in [0.15, 0.2) is 11.6 Å². The molecule has 0 bridgehead atoms. The van der Waals surface area contributed by atoms with Crippen molar-refractivity contribution in [2.24, 2.45) is 5.92 Å².